The van der Waals surface area contributed by atoms with Crippen LogP contribution in [0, 0.1) is 5.82 Å². The number of hydrogen-bond donors (Lipinski definition) is 0. The zero-order valence-corrected chi connectivity index (χ0v) is 12.8. The number of rotatable bonds is 5. The van der Waals surface area contributed by atoms with Gasteiger partial charge in [-0.2, -0.15) is 0 Å². The van der Waals surface area contributed by atoms with E-state index >= 15 is 0 Å². The number of aryl methyl sites for hydroxylation is 2. The van der Waals surface area contributed by atoms with E-state index in [1.807, 2.05) is 6.07 Å². The molecule has 0 aliphatic rings. The molecule has 0 saturated heterocycles. The van der Waals surface area contributed by atoms with Crippen LogP contribution in [0.3, 0.4) is 0 Å². The summed E-state index contributed by atoms with van der Waals surface area (Å²) in [6.45, 7) is 4.31. The van der Waals surface area contributed by atoms with Crippen LogP contribution in [0.15, 0.2) is 42.5 Å². The average molecular weight is 291 g/mol. The molecule has 0 bridgehead atoms. The molecule has 0 nitrogen and oxygen atoms in total. The fourth-order valence-corrected chi connectivity index (χ4v) is 2.79. The lowest BCUT2D eigenvalue weighted by molar-refractivity contribution is 0.607. The molecule has 106 valence electrons. The van der Waals surface area contributed by atoms with E-state index in [0.717, 1.165) is 18.4 Å². The molecule has 0 saturated carbocycles. The minimum Gasteiger partial charge on any atom is -0.207 e. The monoisotopic (exact) mass is 290 g/mol. The van der Waals surface area contributed by atoms with E-state index in [0.29, 0.717) is 12.0 Å². The molecule has 0 aliphatic heterocycles. The van der Waals surface area contributed by atoms with Gasteiger partial charge < -0.3 is 0 Å². The lowest BCUT2D eigenvalue weighted by atomic mass is 9.96. The summed E-state index contributed by atoms with van der Waals surface area (Å²) in [5.41, 5.74) is 4.45. The molecule has 2 rings (SSSR count). The van der Waals surface area contributed by atoms with Gasteiger partial charge in [0.15, 0.2) is 0 Å². The van der Waals surface area contributed by atoms with Crippen molar-refractivity contribution in [2.24, 2.45) is 0 Å². The highest BCUT2D eigenvalue weighted by molar-refractivity contribution is 6.20. The third-order valence-corrected chi connectivity index (χ3v) is 4.12. The van der Waals surface area contributed by atoms with Crippen molar-refractivity contribution < 1.29 is 4.39 Å². The van der Waals surface area contributed by atoms with Crippen LogP contribution in [0.5, 0.6) is 0 Å². The smallest absolute Gasteiger partial charge is 0.126 e. The van der Waals surface area contributed by atoms with Gasteiger partial charge in [0.1, 0.15) is 5.82 Å². The van der Waals surface area contributed by atoms with E-state index in [-0.39, 0.29) is 11.2 Å². The predicted octanol–water partition coefficient (Wildman–Crippen LogP) is 5.47. The first-order valence-corrected chi connectivity index (χ1v) is 7.58. The molecule has 1 unspecified atom stereocenters. The molecule has 0 radical (unpaired) electrons. The van der Waals surface area contributed by atoms with Crippen molar-refractivity contribution in [3.63, 3.8) is 0 Å². The van der Waals surface area contributed by atoms with Gasteiger partial charge in [-0.3, -0.25) is 0 Å². The van der Waals surface area contributed by atoms with Crippen molar-refractivity contribution in [1.29, 1.82) is 0 Å². The Morgan fingerprint density at radius 3 is 2.30 bits per heavy atom. The predicted molar refractivity (Wildman–Crippen MR) is 83.9 cm³/mol. The highest BCUT2D eigenvalue weighted by Gasteiger charge is 2.13. The van der Waals surface area contributed by atoms with Gasteiger partial charge in [0.2, 0.25) is 0 Å². The zero-order valence-electron chi connectivity index (χ0n) is 12.0. The van der Waals surface area contributed by atoms with Crippen LogP contribution >= 0.6 is 11.6 Å². The standard InChI is InChI=1S/C18H20ClF/c1-3-13-9-10-15(11-14(13)4-2)17(19)12-16-7-5-6-8-18(16)20/h5-11,17H,3-4,12H2,1-2H3. The molecule has 0 amide bonds. The molecule has 2 heteroatoms. The van der Waals surface area contributed by atoms with Crippen molar-refractivity contribution in [2.75, 3.05) is 0 Å². The van der Waals surface area contributed by atoms with Gasteiger partial charge in [0, 0.05) is 0 Å². The lowest BCUT2D eigenvalue weighted by Gasteiger charge is -2.14. The molecule has 0 fully saturated rings. The Hall–Kier alpha value is -1.34. The maximum absolute atomic E-state index is 13.7. The topological polar surface area (TPSA) is 0 Å². The first-order valence-electron chi connectivity index (χ1n) is 7.14. The van der Waals surface area contributed by atoms with Gasteiger partial charge in [0.25, 0.3) is 0 Å². The maximum atomic E-state index is 13.7. The van der Waals surface area contributed by atoms with Crippen LogP contribution in [0.2, 0.25) is 0 Å². The van der Waals surface area contributed by atoms with Crippen molar-refractivity contribution in [3.8, 4) is 0 Å². The minimum absolute atomic E-state index is 0.181. The summed E-state index contributed by atoms with van der Waals surface area (Å²) < 4.78 is 13.7. The van der Waals surface area contributed by atoms with Crippen molar-refractivity contribution in [1.82, 2.24) is 0 Å². The normalized spacial score (nSPS) is 12.4. The molecule has 2 aromatic carbocycles. The Balaban J connectivity index is 2.21. The summed E-state index contributed by atoms with van der Waals surface area (Å²) in [5, 5.41) is -0.192. The van der Waals surface area contributed by atoms with Gasteiger partial charge in [-0.05, 0) is 47.6 Å². The SMILES string of the molecule is CCc1ccc(C(Cl)Cc2ccccc2F)cc1CC. The third-order valence-electron chi connectivity index (χ3n) is 3.71. The highest BCUT2D eigenvalue weighted by atomic mass is 35.5. The van der Waals surface area contributed by atoms with Gasteiger partial charge in [0.05, 0.1) is 5.38 Å². The van der Waals surface area contributed by atoms with Crippen LogP contribution in [0.1, 0.15) is 41.5 Å². The molecule has 2 aromatic rings. The molecular weight excluding hydrogens is 271 g/mol. The van der Waals surface area contributed by atoms with Crippen molar-refractivity contribution in [3.05, 3.63) is 70.5 Å². The summed E-state index contributed by atoms with van der Waals surface area (Å²) >= 11 is 6.47. The van der Waals surface area contributed by atoms with Gasteiger partial charge in [-0.15, -0.1) is 11.6 Å². The number of alkyl halides is 1. The first-order chi connectivity index (χ1) is 9.65. The quantitative estimate of drug-likeness (QED) is 0.640. The van der Waals surface area contributed by atoms with E-state index in [9.17, 15) is 4.39 Å². The summed E-state index contributed by atoms with van der Waals surface area (Å²) in [7, 11) is 0. The van der Waals surface area contributed by atoms with E-state index < -0.39 is 0 Å². The van der Waals surface area contributed by atoms with Gasteiger partial charge in [-0.1, -0.05) is 50.2 Å². The summed E-state index contributed by atoms with van der Waals surface area (Å²) in [5.74, 6) is -0.181. The van der Waals surface area contributed by atoms with E-state index in [4.69, 9.17) is 11.6 Å². The summed E-state index contributed by atoms with van der Waals surface area (Å²) in [6, 6.07) is 13.2. The van der Waals surface area contributed by atoms with Crippen molar-refractivity contribution in [2.45, 2.75) is 38.5 Å². The van der Waals surface area contributed by atoms with Crippen LogP contribution in [-0.4, -0.2) is 0 Å². The van der Waals surface area contributed by atoms with Crippen molar-refractivity contribution >= 4 is 11.6 Å². The Bertz CT molecular complexity index is 577. The van der Waals surface area contributed by atoms with E-state index in [1.165, 1.54) is 17.2 Å². The highest BCUT2D eigenvalue weighted by Crippen LogP contribution is 2.28. The third kappa shape index (κ3) is 3.40. The number of benzene rings is 2. The molecule has 0 N–H and O–H groups in total. The van der Waals surface area contributed by atoms with E-state index in [1.54, 1.807) is 12.1 Å². The Morgan fingerprint density at radius 2 is 1.65 bits per heavy atom. The summed E-state index contributed by atoms with van der Waals surface area (Å²) in [4.78, 5) is 0. The largest absolute Gasteiger partial charge is 0.207 e. The fourth-order valence-electron chi connectivity index (χ4n) is 2.49. The zero-order chi connectivity index (χ0) is 14.5. The minimum atomic E-state index is -0.192. The Labute approximate surface area is 125 Å². The number of hydrogen-bond acceptors (Lipinski definition) is 0. The second kappa shape index (κ2) is 6.90. The second-order valence-electron chi connectivity index (χ2n) is 5.00. The maximum Gasteiger partial charge on any atom is 0.126 e. The van der Waals surface area contributed by atoms with Crippen LogP contribution < -0.4 is 0 Å². The molecule has 0 aliphatic carbocycles. The Kier molecular flexibility index (Phi) is 5.19. The van der Waals surface area contributed by atoms with Crippen LogP contribution in [-0.2, 0) is 19.3 Å². The first kappa shape index (κ1) is 15.1. The molecular formula is C18H20ClF. The average Bonchev–Trinajstić information content (AvgIpc) is 2.48. The molecule has 0 aromatic heterocycles. The van der Waals surface area contributed by atoms with Gasteiger partial charge >= 0.3 is 0 Å². The fraction of sp³-hybridized carbons (Fsp3) is 0.333. The molecule has 0 spiro atoms. The Morgan fingerprint density at radius 1 is 0.950 bits per heavy atom. The van der Waals surface area contributed by atoms with Crippen LogP contribution in [0.25, 0.3) is 0 Å². The molecule has 0 heterocycles. The number of halogens is 2. The molecule has 1 atom stereocenters. The summed E-state index contributed by atoms with van der Waals surface area (Å²) in [6.07, 6.45) is 2.55. The lowest BCUT2D eigenvalue weighted by Crippen LogP contribution is -2.01. The molecule has 20 heavy (non-hydrogen) atoms. The van der Waals surface area contributed by atoms with Crippen LogP contribution in [0.4, 0.5) is 4.39 Å². The second-order valence-corrected chi connectivity index (χ2v) is 5.53. The van der Waals surface area contributed by atoms with E-state index in [2.05, 4.69) is 32.0 Å². The van der Waals surface area contributed by atoms with Gasteiger partial charge in [-0.25, -0.2) is 4.39 Å².